The molecule has 3 nitrogen and oxygen atoms in total. The molecular formula is C21H25NO2. The number of ether oxygens (including phenoxy) is 2. The van der Waals surface area contributed by atoms with Crippen LogP contribution in [0.5, 0.6) is 11.5 Å². The van der Waals surface area contributed by atoms with Crippen LogP contribution in [0.1, 0.15) is 49.3 Å². The van der Waals surface area contributed by atoms with Gasteiger partial charge in [0.1, 0.15) is 0 Å². The van der Waals surface area contributed by atoms with E-state index in [1.807, 2.05) is 6.07 Å². The average molecular weight is 323 g/mol. The lowest BCUT2D eigenvalue weighted by Crippen LogP contribution is -2.35. The van der Waals surface area contributed by atoms with Crippen molar-refractivity contribution in [2.45, 2.75) is 50.6 Å². The van der Waals surface area contributed by atoms with Crippen molar-refractivity contribution in [1.29, 1.82) is 0 Å². The Morgan fingerprint density at radius 3 is 2.54 bits per heavy atom. The standard InChI is InChI=1S/C21H25NO2/c1-3-7-16(8-4-1)13-19(22-18-9-5-2-6-10-18)17-11-12-20-21(14-17)24-15-23-20/h1,3-4,7-8,11-12,14,18-19,22H,2,5-6,9-10,13,15H2. The summed E-state index contributed by atoms with van der Waals surface area (Å²) in [6, 6.07) is 18.0. The lowest BCUT2D eigenvalue weighted by molar-refractivity contribution is 0.174. The highest BCUT2D eigenvalue weighted by Gasteiger charge is 2.22. The molecule has 0 radical (unpaired) electrons. The molecule has 0 saturated heterocycles. The van der Waals surface area contributed by atoms with E-state index in [-0.39, 0.29) is 0 Å². The van der Waals surface area contributed by atoms with Gasteiger partial charge in [0.15, 0.2) is 11.5 Å². The van der Waals surface area contributed by atoms with Gasteiger partial charge < -0.3 is 14.8 Å². The Morgan fingerprint density at radius 2 is 1.71 bits per heavy atom. The molecule has 0 amide bonds. The Balaban J connectivity index is 1.56. The predicted octanol–water partition coefficient (Wildman–Crippen LogP) is 4.62. The second-order valence-corrected chi connectivity index (χ2v) is 6.86. The molecule has 1 aliphatic carbocycles. The van der Waals surface area contributed by atoms with Crippen LogP contribution >= 0.6 is 0 Å². The van der Waals surface area contributed by atoms with Crippen molar-refractivity contribution in [3.8, 4) is 11.5 Å². The van der Waals surface area contributed by atoms with Crippen LogP contribution < -0.4 is 14.8 Å². The van der Waals surface area contributed by atoms with E-state index in [4.69, 9.17) is 9.47 Å². The molecule has 1 saturated carbocycles. The maximum atomic E-state index is 5.58. The van der Waals surface area contributed by atoms with Crippen LogP contribution in [0.4, 0.5) is 0 Å². The molecule has 4 rings (SSSR count). The summed E-state index contributed by atoms with van der Waals surface area (Å²) in [5.41, 5.74) is 2.65. The van der Waals surface area contributed by atoms with E-state index in [9.17, 15) is 0 Å². The van der Waals surface area contributed by atoms with E-state index in [2.05, 4.69) is 47.8 Å². The summed E-state index contributed by atoms with van der Waals surface area (Å²) in [5.74, 6) is 1.73. The Morgan fingerprint density at radius 1 is 0.917 bits per heavy atom. The highest BCUT2D eigenvalue weighted by molar-refractivity contribution is 5.45. The molecule has 2 aliphatic rings. The minimum Gasteiger partial charge on any atom is -0.454 e. The molecule has 24 heavy (non-hydrogen) atoms. The molecule has 2 aromatic carbocycles. The van der Waals surface area contributed by atoms with E-state index >= 15 is 0 Å². The third-order valence-corrected chi connectivity index (χ3v) is 5.12. The topological polar surface area (TPSA) is 30.5 Å². The van der Waals surface area contributed by atoms with E-state index in [1.54, 1.807) is 0 Å². The van der Waals surface area contributed by atoms with Crippen molar-refractivity contribution in [2.24, 2.45) is 0 Å². The first-order valence-electron chi connectivity index (χ1n) is 9.08. The quantitative estimate of drug-likeness (QED) is 0.871. The van der Waals surface area contributed by atoms with Gasteiger partial charge in [0.2, 0.25) is 6.79 Å². The molecule has 2 aromatic rings. The zero-order valence-corrected chi connectivity index (χ0v) is 14.0. The number of hydrogen-bond acceptors (Lipinski definition) is 3. The predicted molar refractivity (Wildman–Crippen MR) is 95.5 cm³/mol. The van der Waals surface area contributed by atoms with Crippen molar-refractivity contribution in [3.63, 3.8) is 0 Å². The van der Waals surface area contributed by atoms with Crippen LogP contribution in [0, 0.1) is 0 Å². The van der Waals surface area contributed by atoms with Gasteiger partial charge >= 0.3 is 0 Å². The van der Waals surface area contributed by atoms with Gasteiger partial charge in [0.05, 0.1) is 0 Å². The second-order valence-electron chi connectivity index (χ2n) is 6.86. The molecular weight excluding hydrogens is 298 g/mol. The summed E-state index contributed by atoms with van der Waals surface area (Å²) in [6.07, 6.45) is 7.64. The highest BCUT2D eigenvalue weighted by atomic mass is 16.7. The van der Waals surface area contributed by atoms with Gasteiger partial charge in [0.25, 0.3) is 0 Å². The molecule has 0 aromatic heterocycles. The first-order valence-corrected chi connectivity index (χ1v) is 9.08. The molecule has 0 spiro atoms. The fraction of sp³-hybridized carbons (Fsp3) is 0.429. The molecule has 1 aliphatic heterocycles. The fourth-order valence-electron chi connectivity index (χ4n) is 3.81. The van der Waals surface area contributed by atoms with Crippen molar-refractivity contribution < 1.29 is 9.47 Å². The summed E-state index contributed by atoms with van der Waals surface area (Å²) in [4.78, 5) is 0. The zero-order chi connectivity index (χ0) is 16.2. The maximum Gasteiger partial charge on any atom is 0.231 e. The van der Waals surface area contributed by atoms with Gasteiger partial charge in [-0.3, -0.25) is 0 Å². The van der Waals surface area contributed by atoms with Crippen LogP contribution in [0.15, 0.2) is 48.5 Å². The normalized spacial score (nSPS) is 18.5. The lowest BCUT2D eigenvalue weighted by atomic mass is 9.92. The molecule has 1 heterocycles. The first kappa shape index (κ1) is 15.5. The SMILES string of the molecule is c1ccc(CC(NC2CCCCC2)c2ccc3c(c2)OCO3)cc1. The van der Waals surface area contributed by atoms with E-state index in [0.29, 0.717) is 18.9 Å². The van der Waals surface area contributed by atoms with Crippen LogP contribution in [0.3, 0.4) is 0 Å². The Hall–Kier alpha value is -2.00. The summed E-state index contributed by atoms with van der Waals surface area (Å²) in [5, 5.41) is 3.92. The first-order chi connectivity index (χ1) is 11.9. The summed E-state index contributed by atoms with van der Waals surface area (Å²) in [7, 11) is 0. The minimum absolute atomic E-state index is 0.310. The second kappa shape index (κ2) is 7.27. The van der Waals surface area contributed by atoms with E-state index in [1.165, 1.54) is 43.2 Å². The van der Waals surface area contributed by atoms with Gasteiger partial charge in [-0.1, -0.05) is 55.7 Å². The smallest absolute Gasteiger partial charge is 0.231 e. The van der Waals surface area contributed by atoms with Crippen molar-refractivity contribution >= 4 is 0 Å². The average Bonchev–Trinajstić information content (AvgIpc) is 3.11. The minimum atomic E-state index is 0.310. The number of hydrogen-bond donors (Lipinski definition) is 1. The molecule has 1 fully saturated rings. The van der Waals surface area contributed by atoms with Gasteiger partial charge in [0, 0.05) is 12.1 Å². The third-order valence-electron chi connectivity index (χ3n) is 5.12. The van der Waals surface area contributed by atoms with Crippen LogP contribution in [0.25, 0.3) is 0 Å². The summed E-state index contributed by atoms with van der Waals surface area (Å²) < 4.78 is 11.0. The Bertz CT molecular complexity index is 665. The van der Waals surface area contributed by atoms with E-state index in [0.717, 1.165) is 17.9 Å². The number of rotatable bonds is 5. The molecule has 3 heteroatoms. The molecule has 1 unspecified atom stereocenters. The number of fused-ring (bicyclic) bond motifs is 1. The van der Waals surface area contributed by atoms with Gasteiger partial charge in [-0.25, -0.2) is 0 Å². The molecule has 126 valence electrons. The summed E-state index contributed by atoms with van der Waals surface area (Å²) >= 11 is 0. The third kappa shape index (κ3) is 3.57. The van der Waals surface area contributed by atoms with Crippen molar-refractivity contribution in [1.82, 2.24) is 5.32 Å². The van der Waals surface area contributed by atoms with E-state index < -0.39 is 0 Å². The summed E-state index contributed by atoms with van der Waals surface area (Å²) in [6.45, 7) is 0.332. The van der Waals surface area contributed by atoms with Crippen LogP contribution in [-0.4, -0.2) is 12.8 Å². The monoisotopic (exact) mass is 323 g/mol. The zero-order valence-electron chi connectivity index (χ0n) is 14.0. The van der Waals surface area contributed by atoms with Crippen LogP contribution in [0.2, 0.25) is 0 Å². The molecule has 0 bridgehead atoms. The highest BCUT2D eigenvalue weighted by Crippen LogP contribution is 2.35. The maximum absolute atomic E-state index is 5.58. The Labute approximate surface area is 144 Å². The number of benzene rings is 2. The van der Waals surface area contributed by atoms with Crippen LogP contribution in [-0.2, 0) is 6.42 Å². The number of nitrogens with one attached hydrogen (secondary N) is 1. The Kier molecular flexibility index (Phi) is 4.70. The van der Waals surface area contributed by atoms with Crippen molar-refractivity contribution in [2.75, 3.05) is 6.79 Å². The van der Waals surface area contributed by atoms with Crippen molar-refractivity contribution in [3.05, 3.63) is 59.7 Å². The molecule has 1 atom stereocenters. The van der Waals surface area contributed by atoms with Gasteiger partial charge in [-0.2, -0.15) is 0 Å². The van der Waals surface area contributed by atoms with Gasteiger partial charge in [-0.15, -0.1) is 0 Å². The van der Waals surface area contributed by atoms with Gasteiger partial charge in [-0.05, 0) is 42.5 Å². The largest absolute Gasteiger partial charge is 0.454 e. The lowest BCUT2D eigenvalue weighted by Gasteiger charge is -2.29. The fourth-order valence-corrected chi connectivity index (χ4v) is 3.81. The molecule has 1 N–H and O–H groups in total.